The first-order valence-electron chi connectivity index (χ1n) is 9.34. The van der Waals surface area contributed by atoms with E-state index in [0.29, 0.717) is 23.4 Å². The second-order valence-electron chi connectivity index (χ2n) is 6.42. The number of nitrogens with zero attached hydrogens (tertiary/aromatic N) is 2. The average molecular weight is 427 g/mol. The number of hydrogen-bond donors (Lipinski definition) is 2. The van der Waals surface area contributed by atoms with Crippen LogP contribution < -0.4 is 10.6 Å². The van der Waals surface area contributed by atoms with Crippen LogP contribution in [-0.2, 0) is 11.3 Å². The lowest BCUT2D eigenvalue weighted by Gasteiger charge is -2.20. The maximum Gasteiger partial charge on any atom is 0.222 e. The lowest BCUT2D eigenvalue weighted by Crippen LogP contribution is -2.39. The smallest absolute Gasteiger partial charge is 0.222 e. The Hall–Kier alpha value is -1.63. The molecule has 0 atom stereocenters. The van der Waals surface area contributed by atoms with Gasteiger partial charge in [0.1, 0.15) is 5.82 Å². The number of carbonyl (C=O) groups is 1. The molecular formula is C19H28BrFN4O. The number of aliphatic imine (C=N–C) groups is 1. The predicted octanol–water partition coefficient (Wildman–Crippen LogP) is 3.44. The standard InChI is InChI=1S/C19H28BrFN4O/c1-2-22-19(24-14-15-8-9-16(20)17(21)13-15)23-10-6-12-25-11-5-3-4-7-18(25)26/h8-9,13H,2-7,10-12,14H2,1H3,(H2,22,23,24). The van der Waals surface area contributed by atoms with Crippen LogP contribution >= 0.6 is 15.9 Å². The van der Waals surface area contributed by atoms with Gasteiger partial charge >= 0.3 is 0 Å². The number of carbonyl (C=O) groups excluding carboxylic acids is 1. The summed E-state index contributed by atoms with van der Waals surface area (Å²) in [5, 5.41) is 6.48. The molecule has 2 N–H and O–H groups in total. The van der Waals surface area contributed by atoms with Crippen LogP contribution in [-0.4, -0.2) is 42.9 Å². The Morgan fingerprint density at radius 2 is 2.15 bits per heavy atom. The van der Waals surface area contributed by atoms with Crippen molar-refractivity contribution < 1.29 is 9.18 Å². The zero-order valence-corrected chi connectivity index (χ0v) is 16.9. The Kier molecular flexibility index (Phi) is 8.88. The van der Waals surface area contributed by atoms with E-state index in [1.807, 2.05) is 17.9 Å². The van der Waals surface area contributed by atoms with Crippen molar-refractivity contribution in [1.82, 2.24) is 15.5 Å². The van der Waals surface area contributed by atoms with E-state index >= 15 is 0 Å². The Labute approximate surface area is 163 Å². The Morgan fingerprint density at radius 1 is 1.31 bits per heavy atom. The summed E-state index contributed by atoms with van der Waals surface area (Å²) in [7, 11) is 0. The van der Waals surface area contributed by atoms with Gasteiger partial charge in [0, 0.05) is 32.6 Å². The second kappa shape index (κ2) is 11.2. The molecule has 0 saturated carbocycles. The normalized spacial score (nSPS) is 15.7. The van der Waals surface area contributed by atoms with Crippen LogP contribution in [0.2, 0.25) is 0 Å². The van der Waals surface area contributed by atoms with Gasteiger partial charge in [-0.05, 0) is 59.8 Å². The molecule has 0 spiro atoms. The fourth-order valence-corrected chi connectivity index (χ4v) is 3.15. The molecule has 1 amide bonds. The zero-order valence-electron chi connectivity index (χ0n) is 15.4. The van der Waals surface area contributed by atoms with Crippen molar-refractivity contribution in [2.75, 3.05) is 26.2 Å². The summed E-state index contributed by atoms with van der Waals surface area (Å²) < 4.78 is 14.0. The van der Waals surface area contributed by atoms with Crippen LogP contribution in [0.15, 0.2) is 27.7 Å². The van der Waals surface area contributed by atoms with Crippen LogP contribution in [0.1, 0.15) is 44.6 Å². The van der Waals surface area contributed by atoms with Crippen LogP contribution in [0.5, 0.6) is 0 Å². The fourth-order valence-electron chi connectivity index (χ4n) is 2.90. The first-order chi connectivity index (χ1) is 12.6. The van der Waals surface area contributed by atoms with Crippen LogP contribution in [0.25, 0.3) is 0 Å². The van der Waals surface area contributed by atoms with Gasteiger partial charge in [-0.2, -0.15) is 0 Å². The molecule has 144 valence electrons. The van der Waals surface area contributed by atoms with E-state index in [1.54, 1.807) is 6.07 Å². The van der Waals surface area contributed by atoms with Crippen LogP contribution in [0.3, 0.4) is 0 Å². The van der Waals surface area contributed by atoms with Crippen molar-refractivity contribution in [3.63, 3.8) is 0 Å². The van der Waals surface area contributed by atoms with Gasteiger partial charge in [0.05, 0.1) is 11.0 Å². The lowest BCUT2D eigenvalue weighted by atomic mass is 10.2. The first kappa shape index (κ1) is 20.7. The molecule has 1 heterocycles. The van der Waals surface area contributed by atoms with E-state index in [9.17, 15) is 9.18 Å². The average Bonchev–Trinajstić information content (AvgIpc) is 2.83. The quantitative estimate of drug-likeness (QED) is 0.398. The van der Waals surface area contributed by atoms with Gasteiger partial charge in [-0.3, -0.25) is 4.79 Å². The van der Waals surface area contributed by atoms with Crippen molar-refractivity contribution in [2.45, 2.75) is 45.6 Å². The molecule has 0 aliphatic carbocycles. The SMILES string of the molecule is CCNC(=NCc1ccc(Br)c(F)c1)NCCCN1CCCCCC1=O. The number of likely N-dealkylation sites (tertiary alicyclic amines) is 1. The predicted molar refractivity (Wildman–Crippen MR) is 107 cm³/mol. The molecule has 2 rings (SSSR count). The summed E-state index contributed by atoms with van der Waals surface area (Å²) >= 11 is 3.15. The summed E-state index contributed by atoms with van der Waals surface area (Å²) in [4.78, 5) is 18.5. The van der Waals surface area contributed by atoms with E-state index in [0.717, 1.165) is 57.4 Å². The molecule has 1 aliphatic rings. The lowest BCUT2D eigenvalue weighted by molar-refractivity contribution is -0.130. The summed E-state index contributed by atoms with van der Waals surface area (Å²) in [5.41, 5.74) is 0.818. The molecule has 1 aromatic carbocycles. The van der Waals surface area contributed by atoms with Gasteiger partial charge in [-0.25, -0.2) is 9.38 Å². The Bertz CT molecular complexity index is 624. The monoisotopic (exact) mass is 426 g/mol. The molecule has 0 unspecified atom stereocenters. The Balaban J connectivity index is 1.79. The van der Waals surface area contributed by atoms with E-state index in [-0.39, 0.29) is 11.7 Å². The van der Waals surface area contributed by atoms with E-state index < -0.39 is 0 Å². The summed E-state index contributed by atoms with van der Waals surface area (Å²) in [6, 6.07) is 5.03. The van der Waals surface area contributed by atoms with Gasteiger partial charge in [0.25, 0.3) is 0 Å². The highest BCUT2D eigenvalue weighted by Crippen LogP contribution is 2.16. The third kappa shape index (κ3) is 6.94. The molecule has 0 aromatic heterocycles. The summed E-state index contributed by atoms with van der Waals surface area (Å²) in [6.45, 7) is 5.57. The van der Waals surface area contributed by atoms with Gasteiger partial charge in [0.15, 0.2) is 5.96 Å². The topological polar surface area (TPSA) is 56.7 Å². The highest BCUT2D eigenvalue weighted by atomic mass is 79.9. The summed E-state index contributed by atoms with van der Waals surface area (Å²) in [6.07, 6.45) is 4.83. The molecule has 1 aliphatic heterocycles. The first-order valence-corrected chi connectivity index (χ1v) is 10.1. The molecular weight excluding hydrogens is 399 g/mol. The largest absolute Gasteiger partial charge is 0.357 e. The van der Waals surface area contributed by atoms with Gasteiger partial charge in [-0.15, -0.1) is 0 Å². The van der Waals surface area contributed by atoms with E-state index in [1.165, 1.54) is 6.07 Å². The van der Waals surface area contributed by atoms with Crippen LogP contribution in [0, 0.1) is 5.82 Å². The maximum absolute atomic E-state index is 13.6. The van der Waals surface area contributed by atoms with Crippen molar-refractivity contribution in [3.05, 3.63) is 34.1 Å². The molecule has 1 saturated heterocycles. The molecule has 0 radical (unpaired) electrons. The van der Waals surface area contributed by atoms with Crippen molar-refractivity contribution in [2.24, 2.45) is 4.99 Å². The van der Waals surface area contributed by atoms with Gasteiger partial charge in [-0.1, -0.05) is 12.5 Å². The number of hydrogen-bond acceptors (Lipinski definition) is 2. The zero-order chi connectivity index (χ0) is 18.8. The van der Waals surface area contributed by atoms with Gasteiger partial charge < -0.3 is 15.5 Å². The van der Waals surface area contributed by atoms with E-state index in [4.69, 9.17) is 0 Å². The minimum absolute atomic E-state index is 0.278. The molecule has 1 aromatic rings. The minimum atomic E-state index is -0.280. The molecule has 0 bridgehead atoms. The minimum Gasteiger partial charge on any atom is -0.357 e. The third-order valence-corrected chi connectivity index (χ3v) is 4.96. The van der Waals surface area contributed by atoms with Crippen molar-refractivity contribution in [1.29, 1.82) is 0 Å². The third-order valence-electron chi connectivity index (χ3n) is 4.32. The number of benzene rings is 1. The molecule has 7 heteroatoms. The van der Waals surface area contributed by atoms with Crippen LogP contribution in [0.4, 0.5) is 4.39 Å². The van der Waals surface area contributed by atoms with Crippen molar-refractivity contribution in [3.8, 4) is 0 Å². The van der Waals surface area contributed by atoms with Gasteiger partial charge in [0.2, 0.25) is 5.91 Å². The number of guanidine groups is 1. The number of rotatable bonds is 7. The summed E-state index contributed by atoms with van der Waals surface area (Å²) in [5.74, 6) is 0.705. The number of nitrogens with one attached hydrogen (secondary N) is 2. The van der Waals surface area contributed by atoms with Crippen molar-refractivity contribution >= 4 is 27.8 Å². The number of amides is 1. The highest BCUT2D eigenvalue weighted by Gasteiger charge is 2.15. The highest BCUT2D eigenvalue weighted by molar-refractivity contribution is 9.10. The maximum atomic E-state index is 13.6. The number of halogens is 2. The second-order valence-corrected chi connectivity index (χ2v) is 7.27. The Morgan fingerprint density at radius 3 is 2.92 bits per heavy atom. The molecule has 26 heavy (non-hydrogen) atoms. The van der Waals surface area contributed by atoms with E-state index in [2.05, 4.69) is 31.6 Å². The molecule has 1 fully saturated rings. The fraction of sp³-hybridized carbons (Fsp3) is 0.579. The molecule has 5 nitrogen and oxygen atoms in total.